The summed E-state index contributed by atoms with van der Waals surface area (Å²) in [5, 5.41) is 9.00. The highest BCUT2D eigenvalue weighted by molar-refractivity contribution is 7.89. The maximum absolute atomic E-state index is 11.9. The van der Waals surface area contributed by atoms with Crippen LogP contribution in [0.3, 0.4) is 0 Å². The number of rotatable bonds is 5. The lowest BCUT2D eigenvalue weighted by atomic mass is 9.57. The van der Waals surface area contributed by atoms with Crippen molar-refractivity contribution in [1.82, 2.24) is 4.72 Å². The molecule has 2 saturated carbocycles. The van der Waals surface area contributed by atoms with E-state index in [1.54, 1.807) is 0 Å². The van der Waals surface area contributed by atoms with Crippen LogP contribution in [0.25, 0.3) is 0 Å². The molecule has 0 aromatic carbocycles. The fourth-order valence-electron chi connectivity index (χ4n) is 3.70. The van der Waals surface area contributed by atoms with Gasteiger partial charge in [-0.1, -0.05) is 13.8 Å². The minimum Gasteiger partial charge on any atom is -0.481 e. The number of nitrogens with one attached hydrogen (secondary N) is 1. The second-order valence-corrected chi connectivity index (χ2v) is 8.81. The van der Waals surface area contributed by atoms with E-state index in [0.717, 1.165) is 38.5 Å². The van der Waals surface area contributed by atoms with Crippen molar-refractivity contribution in [2.75, 3.05) is 5.75 Å². The molecule has 6 heteroatoms. The van der Waals surface area contributed by atoms with Crippen molar-refractivity contribution in [1.29, 1.82) is 0 Å². The summed E-state index contributed by atoms with van der Waals surface area (Å²) in [5.74, 6) is -0.573. The van der Waals surface area contributed by atoms with E-state index < -0.39 is 16.0 Å². The van der Waals surface area contributed by atoms with Crippen LogP contribution in [-0.2, 0) is 14.8 Å². The predicted molar refractivity (Wildman–Crippen MR) is 76.8 cm³/mol. The molecule has 0 aliphatic heterocycles. The molecule has 0 saturated heterocycles. The van der Waals surface area contributed by atoms with Crippen molar-refractivity contribution in [3.05, 3.63) is 0 Å². The van der Waals surface area contributed by atoms with E-state index in [1.807, 2.05) is 13.8 Å². The molecule has 2 rings (SSSR count). The molecule has 2 aliphatic rings. The number of hydrogen-bond donors (Lipinski definition) is 2. The molecule has 0 bridgehead atoms. The fraction of sp³-hybridized carbons (Fsp3) is 0.929. The quantitative estimate of drug-likeness (QED) is 0.813. The van der Waals surface area contributed by atoms with Gasteiger partial charge in [-0.2, -0.15) is 0 Å². The van der Waals surface area contributed by atoms with Gasteiger partial charge in [0, 0.05) is 6.04 Å². The van der Waals surface area contributed by atoms with Gasteiger partial charge in [0.1, 0.15) is 0 Å². The van der Waals surface area contributed by atoms with Crippen molar-refractivity contribution in [3.63, 3.8) is 0 Å². The van der Waals surface area contributed by atoms with Crippen LogP contribution in [0.15, 0.2) is 0 Å². The van der Waals surface area contributed by atoms with Crippen LogP contribution in [0.2, 0.25) is 0 Å². The molecular weight excluding hydrogens is 278 g/mol. The van der Waals surface area contributed by atoms with Gasteiger partial charge in [-0.15, -0.1) is 0 Å². The van der Waals surface area contributed by atoms with Gasteiger partial charge in [-0.05, 0) is 49.9 Å². The van der Waals surface area contributed by atoms with Crippen LogP contribution < -0.4 is 4.72 Å². The van der Waals surface area contributed by atoms with Crippen LogP contribution >= 0.6 is 0 Å². The van der Waals surface area contributed by atoms with E-state index in [1.165, 1.54) is 0 Å². The second-order valence-electron chi connectivity index (χ2n) is 7.01. The largest absolute Gasteiger partial charge is 0.481 e. The number of sulfonamides is 1. The smallest absolute Gasteiger partial charge is 0.306 e. The van der Waals surface area contributed by atoms with E-state index in [4.69, 9.17) is 5.11 Å². The normalized spacial score (nSPS) is 34.1. The first kappa shape index (κ1) is 15.8. The molecule has 20 heavy (non-hydrogen) atoms. The Morgan fingerprint density at radius 1 is 1.30 bits per heavy atom. The van der Waals surface area contributed by atoms with Crippen LogP contribution in [0.4, 0.5) is 0 Å². The minimum atomic E-state index is -3.16. The van der Waals surface area contributed by atoms with E-state index in [-0.39, 0.29) is 29.0 Å². The van der Waals surface area contributed by atoms with Gasteiger partial charge in [-0.25, -0.2) is 13.1 Å². The summed E-state index contributed by atoms with van der Waals surface area (Å²) < 4.78 is 26.5. The number of aliphatic carboxylic acids is 1. The van der Waals surface area contributed by atoms with Gasteiger partial charge in [0.2, 0.25) is 10.0 Å². The number of hydrogen-bond acceptors (Lipinski definition) is 3. The lowest BCUT2D eigenvalue weighted by Gasteiger charge is -2.51. The molecule has 2 fully saturated rings. The van der Waals surface area contributed by atoms with Crippen molar-refractivity contribution in [2.24, 2.45) is 17.3 Å². The first-order valence-electron chi connectivity index (χ1n) is 7.44. The van der Waals surface area contributed by atoms with E-state index >= 15 is 0 Å². The summed E-state index contributed by atoms with van der Waals surface area (Å²) in [7, 11) is -3.16. The molecule has 0 atom stereocenters. The van der Waals surface area contributed by atoms with E-state index in [0.29, 0.717) is 0 Å². The topological polar surface area (TPSA) is 83.5 Å². The average molecular weight is 303 g/mol. The Morgan fingerprint density at radius 3 is 2.30 bits per heavy atom. The van der Waals surface area contributed by atoms with Crippen molar-refractivity contribution in [2.45, 2.75) is 58.4 Å². The molecular formula is C14H25NO4S. The lowest BCUT2D eigenvalue weighted by molar-refractivity contribution is -0.144. The Bertz CT molecular complexity index is 456. The number of carboxylic acid groups (broad SMARTS) is 1. The summed E-state index contributed by atoms with van der Waals surface area (Å²) in [6, 6.07) is 0.0557. The van der Waals surface area contributed by atoms with Crippen LogP contribution in [0.1, 0.15) is 52.4 Å². The molecule has 0 heterocycles. The maximum Gasteiger partial charge on any atom is 0.306 e. The average Bonchev–Trinajstić information content (AvgIpc) is 2.25. The predicted octanol–water partition coefficient (Wildman–Crippen LogP) is 1.99. The molecule has 0 radical (unpaired) electrons. The van der Waals surface area contributed by atoms with Crippen LogP contribution in [-0.4, -0.2) is 31.3 Å². The number of carboxylic acids is 1. The number of carbonyl (C=O) groups is 1. The van der Waals surface area contributed by atoms with E-state index in [2.05, 4.69) is 4.72 Å². The van der Waals surface area contributed by atoms with Gasteiger partial charge in [0.25, 0.3) is 0 Å². The third kappa shape index (κ3) is 3.73. The minimum absolute atomic E-state index is 0.0557. The Kier molecular flexibility index (Phi) is 4.44. The third-order valence-electron chi connectivity index (χ3n) is 4.65. The fourth-order valence-corrected chi connectivity index (χ4v) is 5.34. The first-order chi connectivity index (χ1) is 9.21. The van der Waals surface area contributed by atoms with Gasteiger partial charge in [-0.3, -0.25) is 4.79 Å². The highest BCUT2D eigenvalue weighted by Gasteiger charge is 2.47. The Labute approximate surface area is 121 Å². The highest BCUT2D eigenvalue weighted by Crippen LogP contribution is 2.53. The second kappa shape index (κ2) is 5.64. The van der Waals surface area contributed by atoms with Crippen molar-refractivity contribution in [3.8, 4) is 0 Å². The summed E-state index contributed by atoms with van der Waals surface area (Å²) >= 11 is 0. The zero-order valence-electron chi connectivity index (χ0n) is 12.3. The maximum atomic E-state index is 11.9. The van der Waals surface area contributed by atoms with Crippen LogP contribution in [0.5, 0.6) is 0 Å². The Morgan fingerprint density at radius 2 is 1.85 bits per heavy atom. The summed E-state index contributed by atoms with van der Waals surface area (Å²) in [6.45, 7) is 3.79. The summed E-state index contributed by atoms with van der Waals surface area (Å²) in [5.41, 5.74) is 0.205. The van der Waals surface area contributed by atoms with Crippen LogP contribution in [0, 0.1) is 17.3 Å². The van der Waals surface area contributed by atoms with Gasteiger partial charge in [0.05, 0.1) is 11.7 Å². The van der Waals surface area contributed by atoms with Crippen molar-refractivity contribution >= 4 is 16.0 Å². The summed E-state index contributed by atoms with van der Waals surface area (Å²) in [6.07, 6.45) is 5.06. The Hall–Kier alpha value is -0.620. The molecule has 1 spiro atoms. The molecule has 0 aromatic heterocycles. The first-order valence-corrected chi connectivity index (χ1v) is 9.09. The molecule has 2 N–H and O–H groups in total. The standard InChI is InChI=1S/C14H25NO4S/c1-10(2)9-20(18,19)15-12-7-14(8-12)5-3-11(4-6-14)13(16)17/h10-12,15H,3-9H2,1-2H3,(H,16,17). The van der Waals surface area contributed by atoms with Crippen molar-refractivity contribution < 1.29 is 18.3 Å². The van der Waals surface area contributed by atoms with E-state index in [9.17, 15) is 13.2 Å². The van der Waals surface area contributed by atoms with Gasteiger partial charge in [0.15, 0.2) is 0 Å². The zero-order valence-corrected chi connectivity index (χ0v) is 13.1. The molecule has 116 valence electrons. The zero-order chi connectivity index (χ0) is 15.0. The third-order valence-corrected chi connectivity index (χ3v) is 6.45. The SMILES string of the molecule is CC(C)CS(=O)(=O)NC1CC2(CCC(C(=O)O)CC2)C1. The molecule has 5 nitrogen and oxygen atoms in total. The monoisotopic (exact) mass is 303 g/mol. The highest BCUT2D eigenvalue weighted by atomic mass is 32.2. The van der Waals surface area contributed by atoms with Gasteiger partial charge >= 0.3 is 5.97 Å². The molecule has 0 amide bonds. The van der Waals surface area contributed by atoms with Gasteiger partial charge < -0.3 is 5.11 Å². The summed E-state index contributed by atoms with van der Waals surface area (Å²) in [4.78, 5) is 10.9. The lowest BCUT2D eigenvalue weighted by Crippen LogP contribution is -2.52. The Balaban J connectivity index is 1.79. The molecule has 0 unspecified atom stereocenters. The molecule has 2 aliphatic carbocycles. The molecule has 0 aromatic rings.